The molecular weight excluding hydrogens is 314 g/mol. The molecule has 0 saturated heterocycles. The molecule has 2 rings (SSSR count). The second kappa shape index (κ2) is 5.63. The van der Waals surface area contributed by atoms with Crippen LogP contribution in [-0.4, -0.2) is 14.3 Å². The van der Waals surface area contributed by atoms with Crippen molar-refractivity contribution >= 4 is 38.9 Å². The fourth-order valence-electron chi connectivity index (χ4n) is 1.75. The maximum Gasteiger partial charge on any atom is 0.265 e. The van der Waals surface area contributed by atoms with Gasteiger partial charge in [-0.2, -0.15) is 0 Å². The van der Waals surface area contributed by atoms with Crippen molar-refractivity contribution in [3.63, 3.8) is 0 Å². The molecular formula is C13H12ClN3O3S. The Balaban J connectivity index is 2.43. The van der Waals surface area contributed by atoms with Gasteiger partial charge >= 0.3 is 0 Å². The number of amides is 1. The molecule has 0 heterocycles. The summed E-state index contributed by atoms with van der Waals surface area (Å²) >= 11 is 5.89. The van der Waals surface area contributed by atoms with Crippen molar-refractivity contribution in [3.05, 3.63) is 53.1 Å². The van der Waals surface area contributed by atoms with Crippen molar-refractivity contribution in [2.45, 2.75) is 4.90 Å². The molecule has 0 aliphatic heterocycles. The molecule has 1 amide bonds. The van der Waals surface area contributed by atoms with Crippen LogP contribution >= 0.6 is 11.6 Å². The lowest BCUT2D eigenvalue weighted by molar-refractivity contribution is 0.100. The van der Waals surface area contributed by atoms with Crippen LogP contribution < -0.4 is 16.2 Å². The van der Waals surface area contributed by atoms with Crippen LogP contribution in [0.3, 0.4) is 0 Å². The van der Waals surface area contributed by atoms with Gasteiger partial charge in [-0.25, -0.2) is 8.42 Å². The van der Waals surface area contributed by atoms with Gasteiger partial charge < -0.3 is 11.5 Å². The first-order valence-electron chi connectivity index (χ1n) is 5.78. The summed E-state index contributed by atoms with van der Waals surface area (Å²) in [6, 6.07) is 10.2. The number of hydrogen-bond acceptors (Lipinski definition) is 4. The van der Waals surface area contributed by atoms with E-state index in [1.807, 2.05) is 0 Å². The first kappa shape index (κ1) is 15.1. The van der Waals surface area contributed by atoms with E-state index in [9.17, 15) is 13.2 Å². The zero-order valence-corrected chi connectivity index (χ0v) is 12.3. The molecule has 6 nitrogen and oxygen atoms in total. The van der Waals surface area contributed by atoms with E-state index in [0.717, 1.165) is 0 Å². The standard InChI is InChI=1S/C13H12ClN3O3S/c14-10-5-2-6-11(15)12(10)21(19,20)17-9-4-1-3-8(7-9)13(16)18/h1-7,17H,15H2,(H2,16,18). The van der Waals surface area contributed by atoms with E-state index >= 15 is 0 Å². The zero-order valence-electron chi connectivity index (χ0n) is 10.7. The second-order valence-electron chi connectivity index (χ2n) is 4.21. The summed E-state index contributed by atoms with van der Waals surface area (Å²) in [5.74, 6) is -0.659. The van der Waals surface area contributed by atoms with Crippen molar-refractivity contribution in [2.75, 3.05) is 10.5 Å². The molecule has 0 aromatic heterocycles. The van der Waals surface area contributed by atoms with Gasteiger partial charge in [-0.05, 0) is 30.3 Å². The van der Waals surface area contributed by atoms with Crippen LogP contribution in [0.15, 0.2) is 47.4 Å². The van der Waals surface area contributed by atoms with E-state index in [2.05, 4.69) is 4.72 Å². The van der Waals surface area contributed by atoms with E-state index in [-0.39, 0.29) is 26.9 Å². The number of benzene rings is 2. The molecule has 2 aromatic rings. The van der Waals surface area contributed by atoms with Crippen molar-refractivity contribution in [3.8, 4) is 0 Å². The Morgan fingerprint density at radius 2 is 1.81 bits per heavy atom. The smallest absolute Gasteiger partial charge is 0.265 e. The van der Waals surface area contributed by atoms with E-state index in [4.69, 9.17) is 23.1 Å². The lowest BCUT2D eigenvalue weighted by atomic mass is 10.2. The number of carbonyl (C=O) groups is 1. The fourth-order valence-corrected chi connectivity index (χ4v) is 3.48. The van der Waals surface area contributed by atoms with Gasteiger partial charge in [-0.3, -0.25) is 9.52 Å². The summed E-state index contributed by atoms with van der Waals surface area (Å²) in [5, 5.41) is 0.00792. The van der Waals surface area contributed by atoms with Crippen molar-refractivity contribution < 1.29 is 13.2 Å². The maximum absolute atomic E-state index is 12.3. The number of primary amides is 1. The summed E-state index contributed by atoms with van der Waals surface area (Å²) in [4.78, 5) is 10.9. The summed E-state index contributed by atoms with van der Waals surface area (Å²) in [7, 11) is -3.98. The Bertz CT molecular complexity index is 786. The fraction of sp³-hybridized carbons (Fsp3) is 0. The number of carbonyl (C=O) groups excluding carboxylic acids is 1. The molecule has 5 N–H and O–H groups in total. The predicted octanol–water partition coefficient (Wildman–Crippen LogP) is 1.82. The van der Waals surface area contributed by atoms with Crippen molar-refractivity contribution in [2.24, 2.45) is 5.73 Å². The van der Waals surface area contributed by atoms with Gasteiger partial charge in [0.2, 0.25) is 5.91 Å². The number of rotatable bonds is 4. The molecule has 2 aromatic carbocycles. The van der Waals surface area contributed by atoms with Crippen LogP contribution in [-0.2, 0) is 10.0 Å². The molecule has 8 heteroatoms. The quantitative estimate of drug-likeness (QED) is 0.743. The molecule has 0 fully saturated rings. The number of nitrogens with one attached hydrogen (secondary N) is 1. The third-order valence-electron chi connectivity index (χ3n) is 2.67. The predicted molar refractivity (Wildman–Crippen MR) is 81.6 cm³/mol. The summed E-state index contributed by atoms with van der Waals surface area (Å²) in [6.07, 6.45) is 0. The zero-order chi connectivity index (χ0) is 15.6. The topological polar surface area (TPSA) is 115 Å². The largest absolute Gasteiger partial charge is 0.398 e. The Morgan fingerprint density at radius 1 is 1.14 bits per heavy atom. The Morgan fingerprint density at radius 3 is 2.43 bits per heavy atom. The highest BCUT2D eigenvalue weighted by molar-refractivity contribution is 7.93. The van der Waals surface area contributed by atoms with Crippen LogP contribution in [0.5, 0.6) is 0 Å². The van der Waals surface area contributed by atoms with E-state index in [1.165, 1.54) is 36.4 Å². The normalized spacial score (nSPS) is 11.1. The van der Waals surface area contributed by atoms with Crippen LogP contribution in [0.1, 0.15) is 10.4 Å². The van der Waals surface area contributed by atoms with E-state index in [1.54, 1.807) is 6.07 Å². The van der Waals surface area contributed by atoms with Gasteiger partial charge in [0.15, 0.2) is 0 Å². The lowest BCUT2D eigenvalue weighted by Crippen LogP contribution is -2.16. The third kappa shape index (κ3) is 3.26. The molecule has 0 aliphatic carbocycles. The average Bonchev–Trinajstić information content (AvgIpc) is 2.37. The van der Waals surface area contributed by atoms with Crippen LogP contribution in [0, 0.1) is 0 Å². The Hall–Kier alpha value is -2.25. The molecule has 0 atom stereocenters. The third-order valence-corrected chi connectivity index (χ3v) is 4.59. The molecule has 0 bridgehead atoms. The van der Waals surface area contributed by atoms with Gasteiger partial charge in [0.25, 0.3) is 10.0 Å². The van der Waals surface area contributed by atoms with Crippen molar-refractivity contribution in [1.29, 1.82) is 0 Å². The minimum Gasteiger partial charge on any atom is -0.398 e. The monoisotopic (exact) mass is 325 g/mol. The molecule has 0 radical (unpaired) electrons. The minimum atomic E-state index is -3.98. The van der Waals surface area contributed by atoms with Crippen LogP contribution in [0.4, 0.5) is 11.4 Å². The first-order valence-corrected chi connectivity index (χ1v) is 7.64. The first-order chi connectivity index (χ1) is 9.81. The highest BCUT2D eigenvalue weighted by Crippen LogP contribution is 2.28. The molecule has 21 heavy (non-hydrogen) atoms. The summed E-state index contributed by atoms with van der Waals surface area (Å²) in [6.45, 7) is 0. The van der Waals surface area contributed by atoms with Gasteiger partial charge in [0.05, 0.1) is 10.7 Å². The average molecular weight is 326 g/mol. The van der Waals surface area contributed by atoms with E-state index in [0.29, 0.717) is 0 Å². The van der Waals surface area contributed by atoms with Gasteiger partial charge in [-0.1, -0.05) is 23.7 Å². The Labute approximate surface area is 126 Å². The molecule has 0 aliphatic rings. The molecule has 0 spiro atoms. The maximum atomic E-state index is 12.3. The number of sulfonamides is 1. The molecule has 0 unspecified atom stereocenters. The minimum absolute atomic E-state index is 0.00792. The highest BCUT2D eigenvalue weighted by atomic mass is 35.5. The number of anilines is 2. The molecule has 110 valence electrons. The van der Waals surface area contributed by atoms with Crippen LogP contribution in [0.25, 0.3) is 0 Å². The lowest BCUT2D eigenvalue weighted by Gasteiger charge is -2.12. The number of halogens is 1. The van der Waals surface area contributed by atoms with Gasteiger partial charge in [-0.15, -0.1) is 0 Å². The summed E-state index contributed by atoms with van der Waals surface area (Å²) < 4.78 is 27.0. The van der Waals surface area contributed by atoms with Gasteiger partial charge in [0, 0.05) is 11.3 Å². The van der Waals surface area contributed by atoms with E-state index < -0.39 is 15.9 Å². The number of nitrogen functional groups attached to an aromatic ring is 1. The summed E-state index contributed by atoms with van der Waals surface area (Å²) in [5.41, 5.74) is 11.2. The van der Waals surface area contributed by atoms with Crippen molar-refractivity contribution in [1.82, 2.24) is 0 Å². The van der Waals surface area contributed by atoms with Crippen LogP contribution in [0.2, 0.25) is 5.02 Å². The highest BCUT2D eigenvalue weighted by Gasteiger charge is 2.21. The number of nitrogens with two attached hydrogens (primary N) is 2. The molecule has 0 saturated carbocycles. The SMILES string of the molecule is NC(=O)c1cccc(NS(=O)(=O)c2c(N)cccc2Cl)c1. The Kier molecular flexibility index (Phi) is 4.06. The van der Waals surface area contributed by atoms with Gasteiger partial charge in [0.1, 0.15) is 4.90 Å². The number of hydrogen-bond donors (Lipinski definition) is 3. The second-order valence-corrected chi connectivity index (χ2v) is 6.24.